The van der Waals surface area contributed by atoms with Crippen molar-refractivity contribution in [3.8, 4) is 0 Å². The summed E-state index contributed by atoms with van der Waals surface area (Å²) in [5.41, 5.74) is 6.84. The van der Waals surface area contributed by atoms with Crippen molar-refractivity contribution >= 4 is 11.3 Å². The number of rotatable bonds is 8. The Morgan fingerprint density at radius 1 is 1.56 bits per heavy atom. The maximum Gasteiger partial charge on any atom is 0.0940 e. The lowest BCUT2D eigenvalue weighted by atomic mass is 10.0. The van der Waals surface area contributed by atoms with Crippen molar-refractivity contribution in [3.05, 3.63) is 16.1 Å². The summed E-state index contributed by atoms with van der Waals surface area (Å²) in [6.07, 6.45) is 3.47. The van der Waals surface area contributed by atoms with Gasteiger partial charge in [-0.2, -0.15) is 0 Å². The number of nitrogens with zero attached hydrogens (tertiary/aromatic N) is 1. The summed E-state index contributed by atoms with van der Waals surface area (Å²) in [7, 11) is 0. The van der Waals surface area contributed by atoms with Crippen LogP contribution in [0, 0.1) is 12.8 Å². The lowest BCUT2D eigenvalue weighted by Crippen LogP contribution is -2.29. The predicted molar refractivity (Wildman–Crippen MR) is 70.9 cm³/mol. The maximum atomic E-state index is 5.71. The lowest BCUT2D eigenvalue weighted by molar-refractivity contribution is 0.451. The fraction of sp³-hybridized carbons (Fsp3) is 0.750. The number of nitrogens with two attached hydrogens (primary N) is 1. The van der Waals surface area contributed by atoms with Crippen molar-refractivity contribution in [1.82, 2.24) is 10.3 Å². The second kappa shape index (κ2) is 7.76. The minimum atomic E-state index is 0.628. The van der Waals surface area contributed by atoms with E-state index in [0.29, 0.717) is 5.92 Å². The molecule has 92 valence electrons. The number of aromatic nitrogens is 1. The van der Waals surface area contributed by atoms with Crippen LogP contribution >= 0.6 is 11.3 Å². The molecule has 1 rings (SSSR count). The molecule has 0 saturated carbocycles. The first-order valence-electron chi connectivity index (χ1n) is 6.08. The third-order valence-electron chi connectivity index (χ3n) is 2.65. The molecule has 16 heavy (non-hydrogen) atoms. The fourth-order valence-corrected chi connectivity index (χ4v) is 2.51. The molecule has 3 N–H and O–H groups in total. The summed E-state index contributed by atoms with van der Waals surface area (Å²) in [5.74, 6) is 0.628. The van der Waals surface area contributed by atoms with Crippen LogP contribution < -0.4 is 11.1 Å². The SMILES string of the molecule is CCCC(CN)CNCCc1nc(C)cs1. The van der Waals surface area contributed by atoms with E-state index >= 15 is 0 Å². The maximum absolute atomic E-state index is 5.71. The zero-order valence-corrected chi connectivity index (χ0v) is 11.1. The van der Waals surface area contributed by atoms with Crippen molar-refractivity contribution in [2.75, 3.05) is 19.6 Å². The Morgan fingerprint density at radius 2 is 2.38 bits per heavy atom. The van der Waals surface area contributed by atoms with E-state index in [1.807, 2.05) is 6.92 Å². The molecule has 0 aromatic carbocycles. The quantitative estimate of drug-likeness (QED) is 0.684. The van der Waals surface area contributed by atoms with E-state index < -0.39 is 0 Å². The molecular formula is C12H23N3S. The third kappa shape index (κ3) is 5.05. The fourth-order valence-electron chi connectivity index (χ4n) is 1.73. The first kappa shape index (κ1) is 13.6. The van der Waals surface area contributed by atoms with Crippen LogP contribution in [-0.2, 0) is 6.42 Å². The van der Waals surface area contributed by atoms with Gasteiger partial charge in [-0.05, 0) is 32.4 Å². The van der Waals surface area contributed by atoms with Gasteiger partial charge in [0.15, 0.2) is 0 Å². The number of hydrogen-bond donors (Lipinski definition) is 2. The second-order valence-electron chi connectivity index (χ2n) is 4.23. The van der Waals surface area contributed by atoms with Crippen molar-refractivity contribution in [1.29, 1.82) is 0 Å². The third-order valence-corrected chi connectivity index (χ3v) is 3.67. The largest absolute Gasteiger partial charge is 0.330 e. The molecule has 1 atom stereocenters. The highest BCUT2D eigenvalue weighted by atomic mass is 32.1. The summed E-state index contributed by atoms with van der Waals surface area (Å²) in [6, 6.07) is 0. The van der Waals surface area contributed by atoms with Gasteiger partial charge < -0.3 is 11.1 Å². The topological polar surface area (TPSA) is 50.9 Å². The molecule has 0 aliphatic carbocycles. The van der Waals surface area contributed by atoms with Crippen LogP contribution in [0.2, 0.25) is 0 Å². The Labute approximate surface area is 102 Å². The zero-order valence-electron chi connectivity index (χ0n) is 10.3. The molecule has 1 unspecified atom stereocenters. The molecule has 0 bridgehead atoms. The average Bonchev–Trinajstić information content (AvgIpc) is 2.69. The summed E-state index contributed by atoms with van der Waals surface area (Å²) >= 11 is 1.75. The van der Waals surface area contributed by atoms with Gasteiger partial charge in [-0.3, -0.25) is 0 Å². The van der Waals surface area contributed by atoms with Gasteiger partial charge in [0.25, 0.3) is 0 Å². The van der Waals surface area contributed by atoms with E-state index in [0.717, 1.165) is 31.7 Å². The summed E-state index contributed by atoms with van der Waals surface area (Å²) < 4.78 is 0. The van der Waals surface area contributed by atoms with Crippen LogP contribution in [0.15, 0.2) is 5.38 Å². The minimum Gasteiger partial charge on any atom is -0.330 e. The Kier molecular flexibility index (Phi) is 6.61. The molecule has 1 aromatic rings. The molecule has 0 saturated heterocycles. The van der Waals surface area contributed by atoms with Crippen molar-refractivity contribution in [3.63, 3.8) is 0 Å². The molecule has 0 aliphatic heterocycles. The lowest BCUT2D eigenvalue weighted by Gasteiger charge is -2.13. The molecule has 1 heterocycles. The summed E-state index contributed by atoms with van der Waals surface area (Å²) in [4.78, 5) is 4.44. The summed E-state index contributed by atoms with van der Waals surface area (Å²) in [5, 5.41) is 6.80. The normalized spacial score (nSPS) is 12.9. The van der Waals surface area contributed by atoms with Gasteiger partial charge in [-0.15, -0.1) is 11.3 Å². The first-order chi connectivity index (χ1) is 7.76. The smallest absolute Gasteiger partial charge is 0.0940 e. The second-order valence-corrected chi connectivity index (χ2v) is 5.17. The monoisotopic (exact) mass is 241 g/mol. The van der Waals surface area contributed by atoms with Gasteiger partial charge in [0.2, 0.25) is 0 Å². The van der Waals surface area contributed by atoms with E-state index in [1.165, 1.54) is 17.8 Å². The van der Waals surface area contributed by atoms with E-state index in [2.05, 4.69) is 22.6 Å². The van der Waals surface area contributed by atoms with Gasteiger partial charge in [0, 0.05) is 24.0 Å². The molecule has 4 heteroatoms. The van der Waals surface area contributed by atoms with Crippen molar-refractivity contribution in [2.45, 2.75) is 33.1 Å². The molecule has 0 fully saturated rings. The van der Waals surface area contributed by atoms with E-state index in [1.54, 1.807) is 11.3 Å². The van der Waals surface area contributed by atoms with Gasteiger partial charge >= 0.3 is 0 Å². The molecule has 0 radical (unpaired) electrons. The van der Waals surface area contributed by atoms with Crippen LogP contribution in [0.4, 0.5) is 0 Å². The standard InChI is InChI=1S/C12H23N3S/c1-3-4-11(7-13)8-14-6-5-12-15-10(2)9-16-12/h9,11,14H,3-8,13H2,1-2H3. The Morgan fingerprint density at radius 3 is 2.94 bits per heavy atom. The van der Waals surface area contributed by atoms with Crippen LogP contribution in [0.1, 0.15) is 30.5 Å². The van der Waals surface area contributed by atoms with Crippen LogP contribution in [0.3, 0.4) is 0 Å². The van der Waals surface area contributed by atoms with Gasteiger partial charge in [-0.25, -0.2) is 4.98 Å². The first-order valence-corrected chi connectivity index (χ1v) is 6.96. The summed E-state index contributed by atoms with van der Waals surface area (Å²) in [6.45, 7) is 7.08. The Bertz CT molecular complexity index is 286. The van der Waals surface area contributed by atoms with Crippen LogP contribution in [0.25, 0.3) is 0 Å². The Hall–Kier alpha value is -0.450. The number of aryl methyl sites for hydroxylation is 1. The predicted octanol–water partition coefficient (Wildman–Crippen LogP) is 1.96. The molecule has 1 aromatic heterocycles. The van der Waals surface area contributed by atoms with Gasteiger partial charge in [0.1, 0.15) is 0 Å². The molecular weight excluding hydrogens is 218 g/mol. The highest BCUT2D eigenvalue weighted by Gasteiger charge is 2.04. The van der Waals surface area contributed by atoms with Gasteiger partial charge in [-0.1, -0.05) is 13.3 Å². The molecule has 0 amide bonds. The van der Waals surface area contributed by atoms with Crippen LogP contribution in [0.5, 0.6) is 0 Å². The van der Waals surface area contributed by atoms with Crippen molar-refractivity contribution in [2.24, 2.45) is 11.7 Å². The molecule has 0 aliphatic rings. The number of hydrogen-bond acceptors (Lipinski definition) is 4. The molecule has 3 nitrogen and oxygen atoms in total. The van der Waals surface area contributed by atoms with E-state index in [-0.39, 0.29) is 0 Å². The van der Waals surface area contributed by atoms with Crippen molar-refractivity contribution < 1.29 is 0 Å². The number of nitrogens with one attached hydrogen (secondary N) is 1. The number of thiazole rings is 1. The highest BCUT2D eigenvalue weighted by molar-refractivity contribution is 7.09. The minimum absolute atomic E-state index is 0.628. The molecule has 0 spiro atoms. The highest BCUT2D eigenvalue weighted by Crippen LogP contribution is 2.08. The van der Waals surface area contributed by atoms with E-state index in [4.69, 9.17) is 5.73 Å². The Balaban J connectivity index is 2.11. The zero-order chi connectivity index (χ0) is 11.8. The van der Waals surface area contributed by atoms with Crippen LogP contribution in [-0.4, -0.2) is 24.6 Å². The van der Waals surface area contributed by atoms with Gasteiger partial charge in [0.05, 0.1) is 5.01 Å². The van der Waals surface area contributed by atoms with E-state index in [9.17, 15) is 0 Å². The average molecular weight is 241 g/mol.